The molecule has 0 unspecified atom stereocenters. The molecular formula is C25H28BrN3O4. The molecule has 1 aliphatic heterocycles. The predicted octanol–water partition coefficient (Wildman–Crippen LogP) is 2.95. The van der Waals surface area contributed by atoms with Crippen LogP contribution < -0.4 is 4.74 Å². The third kappa shape index (κ3) is 6.41. The molecule has 0 saturated carbocycles. The van der Waals surface area contributed by atoms with E-state index in [9.17, 15) is 20.0 Å². The molecular weight excluding hydrogens is 486 g/mol. The van der Waals surface area contributed by atoms with Gasteiger partial charge in [0.05, 0.1) is 25.2 Å². The Bertz CT molecular complexity index is 1040. The summed E-state index contributed by atoms with van der Waals surface area (Å²) in [6.07, 6.45) is 1.81. The molecule has 33 heavy (non-hydrogen) atoms. The van der Waals surface area contributed by atoms with E-state index in [-0.39, 0.29) is 18.9 Å². The molecule has 1 amide bonds. The molecule has 0 aromatic heterocycles. The van der Waals surface area contributed by atoms with Gasteiger partial charge >= 0.3 is 0 Å². The number of halogens is 1. The normalized spacial score (nSPS) is 14.1. The van der Waals surface area contributed by atoms with E-state index in [4.69, 9.17) is 4.74 Å². The number of carbonyl (C=O) groups excluding carboxylic acids is 2. The van der Waals surface area contributed by atoms with Crippen molar-refractivity contribution in [1.82, 2.24) is 9.80 Å². The number of aliphatic hydroxyl groups excluding tert-OH is 1. The Labute approximate surface area is 202 Å². The number of aldehydes is 1. The Balaban J connectivity index is 1.54. The Hall–Kier alpha value is -2.73. The van der Waals surface area contributed by atoms with E-state index in [2.05, 4.69) is 26.9 Å². The van der Waals surface area contributed by atoms with E-state index in [1.807, 2.05) is 24.0 Å². The monoisotopic (exact) mass is 513 g/mol. The summed E-state index contributed by atoms with van der Waals surface area (Å²) in [6.45, 7) is 5.92. The number of benzene rings is 2. The second kappa shape index (κ2) is 11.9. The Kier molecular flexibility index (Phi) is 9.01. The van der Waals surface area contributed by atoms with Gasteiger partial charge in [-0.25, -0.2) is 0 Å². The van der Waals surface area contributed by atoms with Crippen molar-refractivity contribution >= 4 is 28.1 Å². The summed E-state index contributed by atoms with van der Waals surface area (Å²) in [5, 5.41) is 18.5. The van der Waals surface area contributed by atoms with Gasteiger partial charge in [0, 0.05) is 48.3 Å². The van der Waals surface area contributed by atoms with E-state index in [1.165, 1.54) is 0 Å². The third-order valence-corrected chi connectivity index (χ3v) is 6.52. The van der Waals surface area contributed by atoms with Crippen molar-refractivity contribution in [2.75, 3.05) is 39.3 Å². The lowest BCUT2D eigenvalue weighted by Gasteiger charge is -2.35. The molecule has 1 N–H and O–H groups in total. The van der Waals surface area contributed by atoms with Crippen molar-refractivity contribution in [3.8, 4) is 11.8 Å². The summed E-state index contributed by atoms with van der Waals surface area (Å²) in [6, 6.07) is 11.2. The van der Waals surface area contributed by atoms with E-state index in [0.717, 1.165) is 43.5 Å². The second-order valence-electron chi connectivity index (χ2n) is 7.94. The molecule has 1 aliphatic rings. The van der Waals surface area contributed by atoms with Gasteiger partial charge in [-0.15, -0.1) is 0 Å². The highest BCUT2D eigenvalue weighted by atomic mass is 79.9. The topological polar surface area (TPSA) is 93.9 Å². The number of piperazine rings is 1. The summed E-state index contributed by atoms with van der Waals surface area (Å²) >= 11 is 3.40. The number of nitrogens with zero attached hydrogens (tertiary/aromatic N) is 3. The smallest absolute Gasteiger partial charge is 0.227 e. The predicted molar refractivity (Wildman–Crippen MR) is 128 cm³/mol. The van der Waals surface area contributed by atoms with Gasteiger partial charge in [0.25, 0.3) is 0 Å². The molecule has 7 nitrogen and oxygen atoms in total. The summed E-state index contributed by atoms with van der Waals surface area (Å²) in [4.78, 5) is 28.3. The van der Waals surface area contributed by atoms with Gasteiger partial charge < -0.3 is 14.7 Å². The van der Waals surface area contributed by atoms with Crippen LogP contribution in [0.4, 0.5) is 0 Å². The Morgan fingerprint density at radius 1 is 1.21 bits per heavy atom. The molecule has 1 saturated heterocycles. The van der Waals surface area contributed by atoms with Crippen LogP contribution in [0.1, 0.15) is 39.5 Å². The molecule has 0 aliphatic carbocycles. The minimum absolute atomic E-state index is 0.0439. The van der Waals surface area contributed by atoms with Crippen LogP contribution >= 0.6 is 15.9 Å². The zero-order chi connectivity index (χ0) is 23.8. The van der Waals surface area contributed by atoms with Gasteiger partial charge in [0.1, 0.15) is 18.1 Å². The largest absolute Gasteiger partial charge is 0.494 e. The van der Waals surface area contributed by atoms with Crippen LogP contribution in [-0.2, 0) is 24.2 Å². The number of hydrogen-bond donors (Lipinski definition) is 1. The van der Waals surface area contributed by atoms with E-state index < -0.39 is 0 Å². The van der Waals surface area contributed by atoms with Crippen molar-refractivity contribution in [3.63, 3.8) is 0 Å². The van der Waals surface area contributed by atoms with Crippen LogP contribution in [0.25, 0.3) is 0 Å². The van der Waals surface area contributed by atoms with Crippen molar-refractivity contribution in [2.45, 2.75) is 26.4 Å². The molecule has 1 heterocycles. The highest BCUT2D eigenvalue weighted by molar-refractivity contribution is 9.10. The van der Waals surface area contributed by atoms with Crippen LogP contribution in [-0.4, -0.2) is 66.4 Å². The first-order valence-electron chi connectivity index (χ1n) is 11.0. The first kappa shape index (κ1) is 24.9. The number of rotatable bonds is 9. The second-order valence-corrected chi connectivity index (χ2v) is 8.80. The van der Waals surface area contributed by atoms with E-state index in [0.29, 0.717) is 46.6 Å². The van der Waals surface area contributed by atoms with Crippen LogP contribution in [0.3, 0.4) is 0 Å². The average molecular weight is 514 g/mol. The molecule has 0 atom stereocenters. The number of amides is 1. The summed E-state index contributed by atoms with van der Waals surface area (Å²) in [7, 11) is 0. The number of nitriles is 1. The maximum absolute atomic E-state index is 12.9. The van der Waals surface area contributed by atoms with Crippen molar-refractivity contribution in [3.05, 3.63) is 62.6 Å². The molecule has 2 aromatic carbocycles. The minimum atomic E-state index is -0.143. The maximum Gasteiger partial charge on any atom is 0.227 e. The van der Waals surface area contributed by atoms with Gasteiger partial charge in [0.2, 0.25) is 5.91 Å². The quantitative estimate of drug-likeness (QED) is 0.518. The number of carbonyl (C=O) groups is 2. The SMILES string of the molecule is CCOc1cc(C#N)c(Br)cc1CC(=O)N1CCN(CCc2ccc(CO)c(C=O)c2)CC1. The van der Waals surface area contributed by atoms with Gasteiger partial charge in [-0.2, -0.15) is 5.26 Å². The lowest BCUT2D eigenvalue weighted by atomic mass is 10.0. The highest BCUT2D eigenvalue weighted by Gasteiger charge is 2.22. The van der Waals surface area contributed by atoms with Gasteiger partial charge in [-0.05, 0) is 58.6 Å². The fourth-order valence-corrected chi connectivity index (χ4v) is 4.42. The molecule has 3 rings (SSSR count). The lowest BCUT2D eigenvalue weighted by molar-refractivity contribution is -0.132. The molecule has 0 bridgehead atoms. The highest BCUT2D eigenvalue weighted by Crippen LogP contribution is 2.28. The molecule has 8 heteroatoms. The summed E-state index contributed by atoms with van der Waals surface area (Å²) in [5.41, 5.74) is 3.48. The van der Waals surface area contributed by atoms with Crippen LogP contribution in [0.2, 0.25) is 0 Å². The summed E-state index contributed by atoms with van der Waals surface area (Å²) < 4.78 is 6.32. The standard InChI is InChI=1S/C25H28BrN3O4/c1-2-33-24-13-21(15-27)23(26)12-20(24)14-25(32)29-9-7-28(8-10-29)6-5-18-3-4-19(16-30)22(11-18)17-31/h3-4,11-13,17,30H,2,5-10,14,16H2,1H3. The molecule has 0 radical (unpaired) electrons. The van der Waals surface area contributed by atoms with Crippen LogP contribution in [0, 0.1) is 11.3 Å². The molecule has 1 fully saturated rings. The third-order valence-electron chi connectivity index (χ3n) is 5.86. The lowest BCUT2D eigenvalue weighted by Crippen LogP contribution is -2.49. The fourth-order valence-electron chi connectivity index (χ4n) is 3.94. The van der Waals surface area contributed by atoms with E-state index >= 15 is 0 Å². The molecule has 2 aromatic rings. The minimum Gasteiger partial charge on any atom is -0.494 e. The van der Waals surface area contributed by atoms with Gasteiger partial charge in [-0.3, -0.25) is 14.5 Å². The zero-order valence-electron chi connectivity index (χ0n) is 18.7. The van der Waals surface area contributed by atoms with Crippen molar-refractivity contribution in [2.24, 2.45) is 0 Å². The first-order chi connectivity index (χ1) is 16.0. The van der Waals surface area contributed by atoms with E-state index in [1.54, 1.807) is 18.2 Å². The maximum atomic E-state index is 12.9. The number of ether oxygens (including phenoxy) is 1. The fraction of sp³-hybridized carbons (Fsp3) is 0.400. The van der Waals surface area contributed by atoms with Crippen LogP contribution in [0.5, 0.6) is 5.75 Å². The van der Waals surface area contributed by atoms with Crippen molar-refractivity contribution in [1.29, 1.82) is 5.26 Å². The summed E-state index contributed by atoms with van der Waals surface area (Å²) in [5.74, 6) is 0.619. The molecule has 0 spiro atoms. The average Bonchev–Trinajstić information content (AvgIpc) is 2.84. The van der Waals surface area contributed by atoms with Crippen LogP contribution in [0.15, 0.2) is 34.8 Å². The van der Waals surface area contributed by atoms with Gasteiger partial charge in [-0.1, -0.05) is 12.1 Å². The number of hydrogen-bond acceptors (Lipinski definition) is 6. The Morgan fingerprint density at radius 3 is 2.61 bits per heavy atom. The van der Waals surface area contributed by atoms with Crippen molar-refractivity contribution < 1.29 is 19.4 Å². The zero-order valence-corrected chi connectivity index (χ0v) is 20.3. The van der Waals surface area contributed by atoms with Gasteiger partial charge in [0.15, 0.2) is 0 Å². The number of aliphatic hydroxyl groups is 1. The first-order valence-corrected chi connectivity index (χ1v) is 11.8. The Morgan fingerprint density at radius 2 is 1.97 bits per heavy atom. The molecule has 174 valence electrons.